The van der Waals surface area contributed by atoms with E-state index in [4.69, 9.17) is 0 Å². The first-order chi connectivity index (χ1) is 15.6. The fourth-order valence-electron chi connectivity index (χ4n) is 3.03. The van der Waals surface area contributed by atoms with Crippen LogP contribution in [0.5, 0.6) is 0 Å². The molecule has 4 rings (SSSR count). The largest absolute Gasteiger partial charge is 0.478 e. The van der Waals surface area contributed by atoms with Crippen LogP contribution < -0.4 is 5.32 Å². The SMILES string of the molecule is Cc1cc(C(F)(F)F)nn1-c1nc(Nc2cccc(F)c2)ncc1-c1cncc(C(=O)O)c1. The van der Waals surface area contributed by atoms with Gasteiger partial charge in [-0.1, -0.05) is 6.07 Å². The minimum Gasteiger partial charge on any atom is -0.478 e. The number of carboxylic acids is 1. The summed E-state index contributed by atoms with van der Waals surface area (Å²) in [6.45, 7) is 1.42. The fourth-order valence-corrected chi connectivity index (χ4v) is 3.03. The maximum absolute atomic E-state index is 13.5. The molecule has 0 fully saturated rings. The standard InChI is InChI=1S/C21H14F4N6O2/c1-11-5-17(21(23,24)25)30-31(11)18-16(12-6-13(19(32)33)9-26-8-12)10-27-20(29-18)28-15-4-2-3-14(22)7-15/h2-10H,1H3,(H,32,33)(H,27,28,29). The molecule has 0 aliphatic rings. The third-order valence-corrected chi connectivity index (χ3v) is 4.52. The Morgan fingerprint density at radius 1 is 1.12 bits per heavy atom. The summed E-state index contributed by atoms with van der Waals surface area (Å²) in [5.41, 5.74) is -0.367. The highest BCUT2D eigenvalue weighted by molar-refractivity contribution is 5.89. The number of halogens is 4. The Kier molecular flexibility index (Phi) is 5.50. The van der Waals surface area contributed by atoms with Crippen molar-refractivity contribution < 1.29 is 27.5 Å². The normalized spacial score (nSPS) is 11.4. The monoisotopic (exact) mass is 458 g/mol. The summed E-state index contributed by atoms with van der Waals surface area (Å²) in [7, 11) is 0. The Labute approximate surface area is 183 Å². The molecule has 0 saturated heterocycles. The second kappa shape index (κ2) is 8.30. The number of pyridine rings is 1. The minimum absolute atomic E-state index is 0.0369. The second-order valence-electron chi connectivity index (χ2n) is 6.91. The number of hydrogen-bond acceptors (Lipinski definition) is 6. The number of carboxylic acid groups (broad SMARTS) is 1. The van der Waals surface area contributed by atoms with E-state index in [2.05, 4.69) is 25.4 Å². The van der Waals surface area contributed by atoms with Crippen LogP contribution >= 0.6 is 0 Å². The van der Waals surface area contributed by atoms with Crippen LogP contribution in [0, 0.1) is 12.7 Å². The molecular formula is C21H14F4N6O2. The van der Waals surface area contributed by atoms with Gasteiger partial charge in [0.2, 0.25) is 5.95 Å². The van der Waals surface area contributed by atoms with Crippen molar-refractivity contribution in [1.82, 2.24) is 24.7 Å². The highest BCUT2D eigenvalue weighted by Gasteiger charge is 2.35. The number of nitrogens with zero attached hydrogens (tertiary/aromatic N) is 5. The van der Waals surface area contributed by atoms with E-state index in [0.717, 1.165) is 16.9 Å². The number of anilines is 2. The number of nitrogens with one attached hydrogen (secondary N) is 1. The van der Waals surface area contributed by atoms with E-state index < -0.39 is 23.7 Å². The molecule has 168 valence electrons. The van der Waals surface area contributed by atoms with Crippen molar-refractivity contribution in [3.05, 3.63) is 77.8 Å². The number of rotatable bonds is 5. The van der Waals surface area contributed by atoms with Crippen molar-refractivity contribution in [3.8, 4) is 16.9 Å². The first-order valence-electron chi connectivity index (χ1n) is 9.34. The van der Waals surface area contributed by atoms with Crippen LogP contribution in [0.25, 0.3) is 16.9 Å². The maximum atomic E-state index is 13.5. The van der Waals surface area contributed by atoms with Crippen molar-refractivity contribution in [2.75, 3.05) is 5.32 Å². The number of benzene rings is 1. The number of aromatic nitrogens is 5. The van der Waals surface area contributed by atoms with Crippen LogP contribution in [-0.4, -0.2) is 35.8 Å². The average molecular weight is 458 g/mol. The lowest BCUT2D eigenvalue weighted by molar-refractivity contribution is -0.141. The highest BCUT2D eigenvalue weighted by atomic mass is 19.4. The molecule has 33 heavy (non-hydrogen) atoms. The Bertz CT molecular complexity index is 1350. The van der Waals surface area contributed by atoms with Crippen LogP contribution in [0.4, 0.5) is 29.2 Å². The molecule has 4 aromatic rings. The molecule has 0 amide bonds. The number of aryl methyl sites for hydroxylation is 1. The second-order valence-corrected chi connectivity index (χ2v) is 6.91. The first-order valence-corrected chi connectivity index (χ1v) is 9.34. The summed E-state index contributed by atoms with van der Waals surface area (Å²) in [6.07, 6.45) is -0.928. The van der Waals surface area contributed by atoms with Crippen molar-refractivity contribution in [1.29, 1.82) is 0 Å². The zero-order valence-corrected chi connectivity index (χ0v) is 16.8. The van der Waals surface area contributed by atoms with Gasteiger partial charge >= 0.3 is 12.1 Å². The lowest BCUT2D eigenvalue weighted by Crippen LogP contribution is -2.11. The number of carbonyl (C=O) groups is 1. The van der Waals surface area contributed by atoms with Crippen LogP contribution in [0.3, 0.4) is 0 Å². The van der Waals surface area contributed by atoms with Crippen LogP contribution in [-0.2, 0) is 6.18 Å². The summed E-state index contributed by atoms with van der Waals surface area (Å²) in [4.78, 5) is 23.6. The van der Waals surface area contributed by atoms with E-state index in [1.165, 1.54) is 43.6 Å². The molecule has 0 bridgehead atoms. The van der Waals surface area contributed by atoms with Gasteiger partial charge in [-0.25, -0.2) is 18.9 Å². The van der Waals surface area contributed by atoms with Crippen molar-refractivity contribution in [3.63, 3.8) is 0 Å². The Hall–Kier alpha value is -4.35. The first kappa shape index (κ1) is 21.9. The van der Waals surface area contributed by atoms with Gasteiger partial charge in [0.25, 0.3) is 0 Å². The van der Waals surface area contributed by atoms with Crippen LogP contribution in [0.2, 0.25) is 0 Å². The molecular weight excluding hydrogens is 444 g/mol. The van der Waals surface area contributed by atoms with Crippen molar-refractivity contribution in [2.24, 2.45) is 0 Å². The van der Waals surface area contributed by atoms with E-state index in [1.54, 1.807) is 6.07 Å². The third-order valence-electron chi connectivity index (χ3n) is 4.52. The van der Waals surface area contributed by atoms with Gasteiger partial charge in [0, 0.05) is 41.1 Å². The molecule has 1 aromatic carbocycles. The molecule has 12 heteroatoms. The molecule has 3 heterocycles. The van der Waals surface area contributed by atoms with Crippen molar-refractivity contribution in [2.45, 2.75) is 13.1 Å². The molecule has 2 N–H and O–H groups in total. The molecule has 0 unspecified atom stereocenters. The molecule has 0 radical (unpaired) electrons. The van der Waals surface area contributed by atoms with Gasteiger partial charge in [0.1, 0.15) is 5.82 Å². The van der Waals surface area contributed by atoms with E-state index >= 15 is 0 Å². The molecule has 0 aliphatic heterocycles. The highest BCUT2D eigenvalue weighted by Crippen LogP contribution is 2.32. The van der Waals surface area contributed by atoms with Gasteiger partial charge in [0.05, 0.1) is 5.56 Å². The van der Waals surface area contributed by atoms with Gasteiger partial charge in [-0.3, -0.25) is 4.98 Å². The smallest absolute Gasteiger partial charge is 0.435 e. The zero-order valence-electron chi connectivity index (χ0n) is 16.8. The topological polar surface area (TPSA) is 106 Å². The summed E-state index contributed by atoms with van der Waals surface area (Å²) >= 11 is 0. The quantitative estimate of drug-likeness (QED) is 0.420. The fraction of sp³-hybridized carbons (Fsp3) is 0.0952. The molecule has 0 atom stereocenters. The Morgan fingerprint density at radius 2 is 1.91 bits per heavy atom. The Balaban J connectivity index is 1.87. The van der Waals surface area contributed by atoms with Crippen LogP contribution in [0.1, 0.15) is 21.7 Å². The van der Waals surface area contributed by atoms with Gasteiger partial charge in [-0.2, -0.15) is 23.3 Å². The lowest BCUT2D eigenvalue weighted by Gasteiger charge is -2.13. The number of aromatic carboxylic acids is 1. The van der Waals surface area contributed by atoms with Crippen molar-refractivity contribution >= 4 is 17.6 Å². The minimum atomic E-state index is -4.68. The molecule has 3 aromatic heterocycles. The maximum Gasteiger partial charge on any atom is 0.435 e. The summed E-state index contributed by atoms with van der Waals surface area (Å²) in [5, 5.41) is 15.7. The predicted octanol–water partition coefficient (Wildman–Crippen LogP) is 4.63. The Morgan fingerprint density at radius 3 is 2.58 bits per heavy atom. The molecule has 0 spiro atoms. The summed E-state index contributed by atoms with van der Waals surface area (Å²) in [5.74, 6) is -1.83. The third kappa shape index (κ3) is 4.63. The summed E-state index contributed by atoms with van der Waals surface area (Å²) in [6, 6.07) is 7.61. The van der Waals surface area contributed by atoms with Crippen LogP contribution in [0.15, 0.2) is 55.0 Å². The van der Waals surface area contributed by atoms with Gasteiger partial charge in [-0.05, 0) is 37.3 Å². The van der Waals surface area contributed by atoms with E-state index in [9.17, 15) is 27.5 Å². The zero-order chi connectivity index (χ0) is 23.8. The van der Waals surface area contributed by atoms with Gasteiger partial charge in [0.15, 0.2) is 11.5 Å². The molecule has 0 saturated carbocycles. The lowest BCUT2D eigenvalue weighted by atomic mass is 10.1. The average Bonchev–Trinajstić information content (AvgIpc) is 3.16. The van der Waals surface area contributed by atoms with E-state index in [0.29, 0.717) is 5.69 Å². The van der Waals surface area contributed by atoms with Gasteiger partial charge < -0.3 is 10.4 Å². The molecule has 8 nitrogen and oxygen atoms in total. The van der Waals surface area contributed by atoms with E-state index in [1.807, 2.05) is 0 Å². The van der Waals surface area contributed by atoms with E-state index in [-0.39, 0.29) is 34.2 Å². The number of alkyl halides is 3. The molecule has 0 aliphatic carbocycles. The summed E-state index contributed by atoms with van der Waals surface area (Å²) < 4.78 is 54.2. The number of hydrogen-bond donors (Lipinski definition) is 2. The predicted molar refractivity (Wildman–Crippen MR) is 109 cm³/mol. The van der Waals surface area contributed by atoms with Gasteiger partial charge in [-0.15, -0.1) is 0 Å².